The van der Waals surface area contributed by atoms with Crippen molar-refractivity contribution < 1.29 is 0 Å². The Morgan fingerprint density at radius 1 is 1.25 bits per heavy atom. The van der Waals surface area contributed by atoms with Crippen molar-refractivity contribution in [3.8, 4) is 0 Å². The van der Waals surface area contributed by atoms with Crippen LogP contribution in [0, 0.1) is 17.3 Å². The molecule has 0 aliphatic rings. The Bertz CT molecular complexity index is 389. The monoisotopic (exact) mass is 280 g/mol. The maximum Gasteiger partial charge on any atom is 0.138 e. The zero-order valence-corrected chi connectivity index (χ0v) is 14.1. The van der Waals surface area contributed by atoms with Gasteiger partial charge < -0.3 is 5.73 Å². The quantitative estimate of drug-likeness (QED) is 0.834. The third kappa shape index (κ3) is 6.51. The number of nitrogens with two attached hydrogens (primary N) is 1. The Morgan fingerprint density at radius 3 is 2.45 bits per heavy atom. The number of nitrogens with zero attached hydrogens (tertiary/aromatic N) is 3. The van der Waals surface area contributed by atoms with Crippen molar-refractivity contribution >= 4 is 0 Å². The predicted molar refractivity (Wildman–Crippen MR) is 84.4 cm³/mol. The first kappa shape index (κ1) is 17.2. The molecule has 0 saturated carbocycles. The second kappa shape index (κ2) is 7.21. The molecule has 0 aliphatic heterocycles. The average molecular weight is 280 g/mol. The summed E-state index contributed by atoms with van der Waals surface area (Å²) in [6.07, 6.45) is 4.72. The summed E-state index contributed by atoms with van der Waals surface area (Å²) in [7, 11) is 0. The second-order valence-corrected chi connectivity index (χ2v) is 7.82. The van der Waals surface area contributed by atoms with Gasteiger partial charge in [-0.3, -0.25) is 0 Å². The molecule has 4 nitrogen and oxygen atoms in total. The molecule has 0 fully saturated rings. The predicted octanol–water partition coefficient (Wildman–Crippen LogP) is 3.27. The van der Waals surface area contributed by atoms with E-state index in [9.17, 15) is 0 Å². The van der Waals surface area contributed by atoms with Crippen LogP contribution < -0.4 is 5.73 Å². The first-order valence-corrected chi connectivity index (χ1v) is 7.79. The molecule has 0 radical (unpaired) electrons. The van der Waals surface area contributed by atoms with E-state index in [1.807, 2.05) is 4.68 Å². The Kier molecular flexibility index (Phi) is 6.18. The molecule has 1 aromatic heterocycles. The Morgan fingerprint density at radius 2 is 1.90 bits per heavy atom. The van der Waals surface area contributed by atoms with E-state index >= 15 is 0 Å². The molecule has 0 amide bonds. The summed E-state index contributed by atoms with van der Waals surface area (Å²) in [6, 6.07) is 0.169. The molecule has 0 spiro atoms. The van der Waals surface area contributed by atoms with Crippen molar-refractivity contribution in [3.05, 3.63) is 12.2 Å². The van der Waals surface area contributed by atoms with Crippen molar-refractivity contribution in [1.82, 2.24) is 14.8 Å². The Labute approximate surface area is 124 Å². The van der Waals surface area contributed by atoms with Gasteiger partial charge >= 0.3 is 0 Å². The molecular formula is C16H32N4. The summed E-state index contributed by atoms with van der Waals surface area (Å²) < 4.78 is 2.00. The molecule has 1 rings (SSSR count). The number of hydrogen-bond acceptors (Lipinski definition) is 3. The first-order valence-electron chi connectivity index (χ1n) is 7.79. The van der Waals surface area contributed by atoms with Crippen LogP contribution in [0.2, 0.25) is 0 Å². The molecule has 1 heterocycles. The van der Waals surface area contributed by atoms with Gasteiger partial charge in [0, 0.05) is 19.0 Å². The van der Waals surface area contributed by atoms with Crippen molar-refractivity contribution in [2.45, 2.75) is 73.4 Å². The normalized spacial score (nSPS) is 15.6. The molecule has 20 heavy (non-hydrogen) atoms. The van der Waals surface area contributed by atoms with Crippen LogP contribution >= 0.6 is 0 Å². The molecule has 116 valence electrons. The molecule has 0 bridgehead atoms. The average Bonchev–Trinajstić information content (AvgIpc) is 2.60. The minimum Gasteiger partial charge on any atom is -0.327 e. The molecule has 4 heteroatoms. The number of rotatable bonds is 7. The van der Waals surface area contributed by atoms with Gasteiger partial charge in [0.2, 0.25) is 0 Å². The first-order chi connectivity index (χ1) is 9.17. The fraction of sp³-hybridized carbons (Fsp3) is 0.875. The minimum absolute atomic E-state index is 0.169. The maximum atomic E-state index is 6.30. The van der Waals surface area contributed by atoms with Crippen LogP contribution in [0.25, 0.3) is 0 Å². The van der Waals surface area contributed by atoms with Gasteiger partial charge in [0.25, 0.3) is 0 Å². The van der Waals surface area contributed by atoms with E-state index < -0.39 is 0 Å². The molecule has 2 atom stereocenters. The number of hydrogen-bond donors (Lipinski definition) is 1. The van der Waals surface area contributed by atoms with Crippen LogP contribution in [0.3, 0.4) is 0 Å². The molecular weight excluding hydrogens is 248 g/mol. The van der Waals surface area contributed by atoms with Gasteiger partial charge in [-0.25, -0.2) is 9.67 Å². The Balaban J connectivity index is 2.50. The van der Waals surface area contributed by atoms with Gasteiger partial charge in [0.15, 0.2) is 0 Å². The standard InChI is InChI=1S/C16H32N4/c1-12(2)10-20-15(18-11-19-20)8-14(17)7-13(3)9-16(4,5)6/h11-14H,7-10,17H2,1-6H3. The highest BCUT2D eigenvalue weighted by Crippen LogP contribution is 2.26. The lowest BCUT2D eigenvalue weighted by molar-refractivity contribution is 0.284. The van der Waals surface area contributed by atoms with Crippen molar-refractivity contribution in [2.24, 2.45) is 23.0 Å². The summed E-state index contributed by atoms with van der Waals surface area (Å²) >= 11 is 0. The fourth-order valence-electron chi connectivity index (χ4n) is 2.91. The lowest BCUT2D eigenvalue weighted by atomic mass is 9.82. The van der Waals surface area contributed by atoms with E-state index in [2.05, 4.69) is 51.6 Å². The third-order valence-corrected chi connectivity index (χ3v) is 3.34. The Hall–Kier alpha value is -0.900. The smallest absolute Gasteiger partial charge is 0.138 e. The van der Waals surface area contributed by atoms with Crippen molar-refractivity contribution in [1.29, 1.82) is 0 Å². The summed E-state index contributed by atoms with van der Waals surface area (Å²) in [5, 5.41) is 4.30. The van der Waals surface area contributed by atoms with E-state index in [1.165, 1.54) is 6.42 Å². The highest BCUT2D eigenvalue weighted by Gasteiger charge is 2.19. The van der Waals surface area contributed by atoms with Crippen LogP contribution in [0.1, 0.15) is 60.2 Å². The molecule has 0 saturated heterocycles. The zero-order valence-electron chi connectivity index (χ0n) is 14.1. The largest absolute Gasteiger partial charge is 0.327 e. The third-order valence-electron chi connectivity index (χ3n) is 3.34. The lowest BCUT2D eigenvalue weighted by Crippen LogP contribution is -2.28. The maximum absolute atomic E-state index is 6.30. The van der Waals surface area contributed by atoms with E-state index in [1.54, 1.807) is 6.33 Å². The van der Waals surface area contributed by atoms with Gasteiger partial charge in [0.05, 0.1) is 0 Å². The highest BCUT2D eigenvalue weighted by molar-refractivity contribution is 4.90. The van der Waals surface area contributed by atoms with Gasteiger partial charge in [-0.2, -0.15) is 5.10 Å². The summed E-state index contributed by atoms with van der Waals surface area (Å²) in [5.41, 5.74) is 6.68. The molecule has 0 aliphatic carbocycles. The SMILES string of the molecule is CC(C)Cn1ncnc1CC(N)CC(C)CC(C)(C)C. The van der Waals surface area contributed by atoms with Gasteiger partial charge in [-0.15, -0.1) is 0 Å². The van der Waals surface area contributed by atoms with Crippen molar-refractivity contribution in [2.75, 3.05) is 0 Å². The topological polar surface area (TPSA) is 56.7 Å². The van der Waals surface area contributed by atoms with Crippen LogP contribution in [-0.2, 0) is 13.0 Å². The van der Waals surface area contributed by atoms with E-state index in [4.69, 9.17) is 5.73 Å². The molecule has 2 N–H and O–H groups in total. The van der Waals surface area contributed by atoms with Gasteiger partial charge in [-0.05, 0) is 30.1 Å². The summed E-state index contributed by atoms with van der Waals surface area (Å²) in [4.78, 5) is 4.36. The summed E-state index contributed by atoms with van der Waals surface area (Å²) in [5.74, 6) is 2.24. The van der Waals surface area contributed by atoms with Crippen LogP contribution in [0.5, 0.6) is 0 Å². The van der Waals surface area contributed by atoms with Gasteiger partial charge in [0.1, 0.15) is 12.2 Å². The van der Waals surface area contributed by atoms with E-state index in [0.29, 0.717) is 17.3 Å². The highest BCUT2D eigenvalue weighted by atomic mass is 15.3. The van der Waals surface area contributed by atoms with E-state index in [-0.39, 0.29) is 6.04 Å². The molecule has 2 unspecified atom stereocenters. The molecule has 1 aromatic rings. The van der Waals surface area contributed by atoms with Crippen LogP contribution in [0.15, 0.2) is 6.33 Å². The van der Waals surface area contributed by atoms with E-state index in [0.717, 1.165) is 25.2 Å². The summed E-state index contributed by atoms with van der Waals surface area (Å²) in [6.45, 7) is 14.5. The minimum atomic E-state index is 0.169. The van der Waals surface area contributed by atoms with Crippen LogP contribution in [0.4, 0.5) is 0 Å². The second-order valence-electron chi connectivity index (χ2n) is 7.82. The van der Waals surface area contributed by atoms with Crippen LogP contribution in [-0.4, -0.2) is 20.8 Å². The fourth-order valence-corrected chi connectivity index (χ4v) is 2.91. The molecule has 0 aromatic carbocycles. The lowest BCUT2D eigenvalue weighted by Gasteiger charge is -2.25. The number of aromatic nitrogens is 3. The van der Waals surface area contributed by atoms with Crippen molar-refractivity contribution in [3.63, 3.8) is 0 Å². The zero-order chi connectivity index (χ0) is 15.3. The van der Waals surface area contributed by atoms with Gasteiger partial charge in [-0.1, -0.05) is 41.5 Å².